The van der Waals surface area contributed by atoms with Crippen molar-refractivity contribution in [1.29, 1.82) is 5.26 Å². The molecule has 1 aromatic heterocycles. The molecule has 8 nitrogen and oxygen atoms in total. The molecule has 0 unspecified atom stereocenters. The van der Waals surface area contributed by atoms with Crippen LogP contribution in [-0.2, 0) is 14.1 Å². The van der Waals surface area contributed by atoms with Gasteiger partial charge in [-0.3, -0.25) is 13.9 Å². The highest BCUT2D eigenvalue weighted by molar-refractivity contribution is 5.65. The summed E-state index contributed by atoms with van der Waals surface area (Å²) < 4.78 is 13.3. The first-order valence-corrected chi connectivity index (χ1v) is 7.39. The van der Waals surface area contributed by atoms with Crippen LogP contribution >= 0.6 is 0 Å². The second-order valence-corrected chi connectivity index (χ2v) is 5.38. The van der Waals surface area contributed by atoms with Crippen molar-refractivity contribution in [2.75, 3.05) is 18.5 Å². The summed E-state index contributed by atoms with van der Waals surface area (Å²) in [6, 6.07) is 7.04. The van der Waals surface area contributed by atoms with Gasteiger partial charge in [0.2, 0.25) is 0 Å². The van der Waals surface area contributed by atoms with E-state index in [-0.39, 0.29) is 11.4 Å². The maximum Gasteiger partial charge on any atom is 0.332 e. The monoisotopic (exact) mass is 328 g/mol. The quantitative estimate of drug-likeness (QED) is 0.878. The standard InChI is InChI=1S/C16H16N4O4/c1-19-14(11(9-17)15(21)20(2)16(19)22)18-10-4-5-12-13(8-10)24-7-3-6-23-12/h4-5,8,18H,3,6-7H2,1-2H3. The Labute approximate surface area is 137 Å². The lowest BCUT2D eigenvalue weighted by atomic mass is 10.2. The Morgan fingerprint density at radius 1 is 1.12 bits per heavy atom. The Kier molecular flexibility index (Phi) is 4.00. The van der Waals surface area contributed by atoms with E-state index in [4.69, 9.17) is 9.47 Å². The van der Waals surface area contributed by atoms with E-state index in [1.807, 2.05) is 6.07 Å². The van der Waals surface area contributed by atoms with Crippen molar-refractivity contribution in [1.82, 2.24) is 9.13 Å². The third-order valence-electron chi connectivity index (χ3n) is 3.79. The molecule has 8 heteroatoms. The molecule has 0 aliphatic carbocycles. The first-order valence-electron chi connectivity index (χ1n) is 7.39. The van der Waals surface area contributed by atoms with Crippen LogP contribution in [0.4, 0.5) is 11.5 Å². The molecule has 124 valence electrons. The van der Waals surface area contributed by atoms with Gasteiger partial charge in [-0.2, -0.15) is 5.26 Å². The number of anilines is 2. The normalized spacial score (nSPS) is 13.0. The maximum absolute atomic E-state index is 12.1. The van der Waals surface area contributed by atoms with E-state index in [1.54, 1.807) is 18.2 Å². The predicted octanol–water partition coefficient (Wildman–Crippen LogP) is 0.861. The second kappa shape index (κ2) is 6.12. The lowest BCUT2D eigenvalue weighted by Gasteiger charge is -2.15. The molecule has 0 atom stereocenters. The van der Waals surface area contributed by atoms with E-state index >= 15 is 0 Å². The average molecular weight is 328 g/mol. The fraction of sp³-hybridized carbons (Fsp3) is 0.312. The van der Waals surface area contributed by atoms with Gasteiger partial charge in [-0.25, -0.2) is 4.79 Å². The average Bonchev–Trinajstić information content (AvgIpc) is 2.83. The third-order valence-corrected chi connectivity index (χ3v) is 3.79. The number of nitriles is 1. The van der Waals surface area contributed by atoms with Crippen molar-refractivity contribution < 1.29 is 9.47 Å². The van der Waals surface area contributed by atoms with Crippen LogP contribution in [0.1, 0.15) is 12.0 Å². The zero-order valence-electron chi connectivity index (χ0n) is 13.3. The molecule has 0 amide bonds. The van der Waals surface area contributed by atoms with Crippen molar-refractivity contribution in [2.24, 2.45) is 14.1 Å². The molecule has 0 bridgehead atoms. The molecular weight excluding hydrogens is 312 g/mol. The molecule has 0 saturated heterocycles. The van der Waals surface area contributed by atoms with Crippen molar-refractivity contribution in [3.05, 3.63) is 44.6 Å². The molecule has 1 N–H and O–H groups in total. The molecule has 24 heavy (non-hydrogen) atoms. The first-order chi connectivity index (χ1) is 11.5. The summed E-state index contributed by atoms with van der Waals surface area (Å²) in [5.74, 6) is 1.35. The van der Waals surface area contributed by atoms with Gasteiger partial charge in [0, 0.05) is 32.3 Å². The number of aromatic nitrogens is 2. The molecule has 0 radical (unpaired) electrons. The summed E-state index contributed by atoms with van der Waals surface area (Å²) >= 11 is 0. The van der Waals surface area contributed by atoms with Crippen LogP contribution in [-0.4, -0.2) is 22.3 Å². The van der Waals surface area contributed by atoms with Crippen molar-refractivity contribution in [3.63, 3.8) is 0 Å². The molecule has 0 saturated carbocycles. The van der Waals surface area contributed by atoms with Gasteiger partial charge in [0.25, 0.3) is 5.56 Å². The van der Waals surface area contributed by atoms with E-state index < -0.39 is 11.2 Å². The molecule has 3 rings (SSSR count). The first kappa shape index (κ1) is 15.7. The number of fused-ring (bicyclic) bond motifs is 1. The van der Waals surface area contributed by atoms with Crippen LogP contribution in [0, 0.1) is 11.3 Å². The van der Waals surface area contributed by atoms with Gasteiger partial charge in [0.1, 0.15) is 11.9 Å². The molecule has 1 aliphatic heterocycles. The number of hydrogen-bond acceptors (Lipinski definition) is 6. The van der Waals surface area contributed by atoms with Gasteiger partial charge in [-0.15, -0.1) is 0 Å². The fourth-order valence-corrected chi connectivity index (χ4v) is 2.47. The minimum absolute atomic E-state index is 0.133. The Morgan fingerprint density at radius 2 is 1.83 bits per heavy atom. The van der Waals surface area contributed by atoms with Crippen LogP contribution in [0.5, 0.6) is 11.5 Å². The lowest BCUT2D eigenvalue weighted by Crippen LogP contribution is -2.39. The summed E-state index contributed by atoms with van der Waals surface area (Å²) in [6.07, 6.45) is 0.791. The SMILES string of the molecule is Cn1c(Nc2ccc3c(c2)OCCCO3)c(C#N)c(=O)n(C)c1=O. The number of nitrogens with one attached hydrogen (secondary N) is 1. The highest BCUT2D eigenvalue weighted by atomic mass is 16.5. The highest BCUT2D eigenvalue weighted by Crippen LogP contribution is 2.33. The summed E-state index contributed by atoms with van der Waals surface area (Å²) in [7, 11) is 2.83. The Balaban J connectivity index is 2.07. The molecule has 1 aliphatic rings. The van der Waals surface area contributed by atoms with Crippen LogP contribution in [0.3, 0.4) is 0 Å². The maximum atomic E-state index is 12.1. The predicted molar refractivity (Wildman–Crippen MR) is 87.0 cm³/mol. The Morgan fingerprint density at radius 3 is 2.54 bits per heavy atom. The number of nitrogens with zero attached hydrogens (tertiary/aromatic N) is 3. The van der Waals surface area contributed by atoms with E-state index in [9.17, 15) is 14.9 Å². The number of benzene rings is 1. The van der Waals surface area contributed by atoms with Crippen LogP contribution < -0.4 is 26.0 Å². The second-order valence-electron chi connectivity index (χ2n) is 5.38. The molecule has 0 fully saturated rings. The van der Waals surface area contributed by atoms with Gasteiger partial charge in [-0.1, -0.05) is 0 Å². The molecule has 2 heterocycles. The molecule has 2 aromatic rings. The third kappa shape index (κ3) is 2.60. The molecule has 0 spiro atoms. The van der Waals surface area contributed by atoms with Crippen molar-refractivity contribution in [2.45, 2.75) is 6.42 Å². The fourth-order valence-electron chi connectivity index (χ4n) is 2.47. The van der Waals surface area contributed by atoms with Crippen LogP contribution in [0.15, 0.2) is 27.8 Å². The number of rotatable bonds is 2. The minimum atomic E-state index is -0.641. The Hall–Kier alpha value is -3.21. The van der Waals surface area contributed by atoms with Gasteiger partial charge in [0.05, 0.1) is 13.2 Å². The largest absolute Gasteiger partial charge is 0.490 e. The zero-order chi connectivity index (χ0) is 17.3. The molecule has 1 aromatic carbocycles. The molecular formula is C16H16N4O4. The summed E-state index contributed by atoms with van der Waals surface area (Å²) in [4.78, 5) is 24.2. The van der Waals surface area contributed by atoms with Gasteiger partial charge >= 0.3 is 5.69 Å². The van der Waals surface area contributed by atoms with Crippen molar-refractivity contribution >= 4 is 11.5 Å². The summed E-state index contributed by atoms with van der Waals surface area (Å²) in [5, 5.41) is 12.2. The van der Waals surface area contributed by atoms with E-state index in [1.165, 1.54) is 18.7 Å². The lowest BCUT2D eigenvalue weighted by molar-refractivity contribution is 0.297. The Bertz CT molecular complexity index is 952. The van der Waals surface area contributed by atoms with E-state index in [0.29, 0.717) is 30.4 Å². The minimum Gasteiger partial charge on any atom is -0.490 e. The summed E-state index contributed by atoms with van der Waals surface area (Å²) in [5.41, 5.74) is -0.709. The zero-order valence-corrected chi connectivity index (χ0v) is 13.3. The highest BCUT2D eigenvalue weighted by Gasteiger charge is 2.17. The number of hydrogen-bond donors (Lipinski definition) is 1. The van der Waals surface area contributed by atoms with E-state index in [0.717, 1.165) is 11.0 Å². The van der Waals surface area contributed by atoms with Crippen LogP contribution in [0.25, 0.3) is 0 Å². The smallest absolute Gasteiger partial charge is 0.332 e. The van der Waals surface area contributed by atoms with Gasteiger partial charge < -0.3 is 14.8 Å². The van der Waals surface area contributed by atoms with Gasteiger partial charge in [-0.05, 0) is 12.1 Å². The van der Waals surface area contributed by atoms with Crippen molar-refractivity contribution in [3.8, 4) is 17.6 Å². The van der Waals surface area contributed by atoms with E-state index in [2.05, 4.69) is 5.32 Å². The van der Waals surface area contributed by atoms with Gasteiger partial charge in [0.15, 0.2) is 17.1 Å². The van der Waals surface area contributed by atoms with Crippen LogP contribution in [0.2, 0.25) is 0 Å². The summed E-state index contributed by atoms with van der Waals surface area (Å²) in [6.45, 7) is 1.13. The number of ether oxygens (including phenoxy) is 2. The topological polar surface area (TPSA) is 98.3 Å².